The van der Waals surface area contributed by atoms with Crippen LogP contribution in [0, 0.1) is 5.92 Å². The van der Waals surface area contributed by atoms with Gasteiger partial charge in [-0.25, -0.2) is 9.59 Å². The van der Waals surface area contributed by atoms with Crippen LogP contribution in [0.3, 0.4) is 0 Å². The molecule has 26 heavy (non-hydrogen) atoms. The van der Waals surface area contributed by atoms with Crippen molar-refractivity contribution in [2.45, 2.75) is 77.1 Å². The van der Waals surface area contributed by atoms with Crippen LogP contribution in [0.1, 0.15) is 59.3 Å². The summed E-state index contributed by atoms with van der Waals surface area (Å²) in [7, 11) is 0. The summed E-state index contributed by atoms with van der Waals surface area (Å²) in [5.74, 6) is 0.255. The zero-order valence-electron chi connectivity index (χ0n) is 15.6. The van der Waals surface area contributed by atoms with E-state index in [1.165, 1.54) is 0 Å². The molecule has 2 amide bonds. The SMILES string of the molecule is CC(C)(C)OC(=O)N[C@H](CC1CCCCC1)CN(CC(F)(F)F)C(=O)O. The summed E-state index contributed by atoms with van der Waals surface area (Å²) < 4.78 is 43.1. The van der Waals surface area contributed by atoms with Crippen molar-refractivity contribution in [1.82, 2.24) is 10.2 Å². The Hall–Kier alpha value is -1.67. The second-order valence-electron chi connectivity index (χ2n) is 7.86. The number of nitrogens with zero attached hydrogens (tertiary/aromatic N) is 1. The number of alkyl carbamates (subject to hydrolysis) is 1. The number of hydrogen-bond acceptors (Lipinski definition) is 3. The highest BCUT2D eigenvalue weighted by atomic mass is 19.4. The maximum Gasteiger partial charge on any atom is 0.407 e. The smallest absolute Gasteiger partial charge is 0.407 e. The maximum absolute atomic E-state index is 12.6. The van der Waals surface area contributed by atoms with Crippen molar-refractivity contribution in [3.8, 4) is 0 Å². The summed E-state index contributed by atoms with van der Waals surface area (Å²) in [6.45, 7) is 3.03. The number of carbonyl (C=O) groups excluding carboxylic acids is 1. The van der Waals surface area contributed by atoms with Crippen LogP contribution >= 0.6 is 0 Å². The van der Waals surface area contributed by atoms with E-state index in [0.717, 1.165) is 32.1 Å². The molecule has 0 heterocycles. The lowest BCUT2D eigenvalue weighted by molar-refractivity contribution is -0.142. The molecule has 0 bridgehead atoms. The molecule has 0 aromatic carbocycles. The Morgan fingerprint density at radius 3 is 2.23 bits per heavy atom. The maximum atomic E-state index is 12.6. The van der Waals surface area contributed by atoms with Crippen LogP contribution in [0.4, 0.5) is 22.8 Å². The number of ether oxygens (including phenoxy) is 1. The van der Waals surface area contributed by atoms with E-state index in [1.807, 2.05) is 0 Å². The molecule has 9 heteroatoms. The second kappa shape index (κ2) is 9.32. The number of carbonyl (C=O) groups is 2. The first-order valence-electron chi connectivity index (χ1n) is 8.90. The number of amides is 2. The van der Waals surface area contributed by atoms with Gasteiger partial charge in [-0.3, -0.25) is 4.90 Å². The van der Waals surface area contributed by atoms with Crippen LogP contribution in [0.2, 0.25) is 0 Å². The van der Waals surface area contributed by atoms with E-state index in [1.54, 1.807) is 20.8 Å². The molecule has 2 N–H and O–H groups in total. The van der Waals surface area contributed by atoms with Crippen molar-refractivity contribution in [1.29, 1.82) is 0 Å². The number of nitrogens with one attached hydrogen (secondary N) is 1. The van der Waals surface area contributed by atoms with Crippen molar-refractivity contribution in [3.63, 3.8) is 0 Å². The minimum absolute atomic E-state index is 0.255. The molecule has 1 fully saturated rings. The molecule has 1 atom stereocenters. The van der Waals surface area contributed by atoms with E-state index in [9.17, 15) is 22.8 Å². The van der Waals surface area contributed by atoms with Gasteiger partial charge in [0.05, 0.1) is 6.04 Å². The van der Waals surface area contributed by atoms with Gasteiger partial charge in [0.15, 0.2) is 0 Å². The molecular formula is C17H29F3N2O4. The number of hydrogen-bond donors (Lipinski definition) is 2. The zero-order valence-corrected chi connectivity index (χ0v) is 15.6. The number of alkyl halides is 3. The molecule has 152 valence electrons. The lowest BCUT2D eigenvalue weighted by atomic mass is 9.84. The molecule has 0 unspecified atom stereocenters. The predicted octanol–water partition coefficient (Wildman–Crippen LogP) is 4.39. The van der Waals surface area contributed by atoms with Gasteiger partial charge >= 0.3 is 18.4 Å². The van der Waals surface area contributed by atoms with Crippen molar-refractivity contribution in [2.75, 3.05) is 13.1 Å². The second-order valence-corrected chi connectivity index (χ2v) is 7.86. The number of halogens is 3. The van der Waals surface area contributed by atoms with Gasteiger partial charge in [0.2, 0.25) is 0 Å². The third kappa shape index (κ3) is 9.72. The molecule has 1 aliphatic carbocycles. The lowest BCUT2D eigenvalue weighted by Gasteiger charge is -2.31. The highest BCUT2D eigenvalue weighted by Crippen LogP contribution is 2.28. The van der Waals surface area contributed by atoms with Crippen LogP contribution in [-0.4, -0.2) is 53.1 Å². The summed E-state index contributed by atoms with van der Waals surface area (Å²) >= 11 is 0. The van der Waals surface area contributed by atoms with Crippen LogP contribution in [0.25, 0.3) is 0 Å². The van der Waals surface area contributed by atoms with Gasteiger partial charge in [0.25, 0.3) is 0 Å². The van der Waals surface area contributed by atoms with Gasteiger partial charge in [0.1, 0.15) is 12.1 Å². The minimum atomic E-state index is -4.64. The summed E-state index contributed by atoms with van der Waals surface area (Å²) in [6, 6.07) is -0.730. The number of rotatable bonds is 6. The van der Waals surface area contributed by atoms with Gasteiger partial charge in [-0.2, -0.15) is 13.2 Å². The monoisotopic (exact) mass is 382 g/mol. The summed E-state index contributed by atoms with van der Waals surface area (Å²) in [6.07, 6.45) is -1.57. The predicted molar refractivity (Wildman–Crippen MR) is 90.0 cm³/mol. The molecule has 0 aromatic heterocycles. The topological polar surface area (TPSA) is 78.9 Å². The number of carboxylic acid groups (broad SMARTS) is 1. The van der Waals surface area contributed by atoms with E-state index in [0.29, 0.717) is 11.3 Å². The van der Waals surface area contributed by atoms with Gasteiger partial charge in [0, 0.05) is 6.54 Å². The van der Waals surface area contributed by atoms with Gasteiger partial charge in [-0.15, -0.1) is 0 Å². The van der Waals surface area contributed by atoms with Gasteiger partial charge in [-0.1, -0.05) is 32.1 Å². The fourth-order valence-electron chi connectivity index (χ4n) is 3.17. The van der Waals surface area contributed by atoms with Crippen LogP contribution < -0.4 is 5.32 Å². The lowest BCUT2D eigenvalue weighted by Crippen LogP contribution is -2.49. The Morgan fingerprint density at radius 1 is 1.19 bits per heavy atom. The fourth-order valence-corrected chi connectivity index (χ4v) is 3.17. The van der Waals surface area contributed by atoms with E-state index < -0.39 is 43.1 Å². The highest BCUT2D eigenvalue weighted by Gasteiger charge is 2.35. The highest BCUT2D eigenvalue weighted by molar-refractivity contribution is 5.68. The van der Waals surface area contributed by atoms with Crippen molar-refractivity contribution < 1.29 is 32.6 Å². The molecule has 0 aliphatic heterocycles. The fraction of sp³-hybridized carbons (Fsp3) is 0.882. The molecule has 0 spiro atoms. The van der Waals surface area contributed by atoms with E-state index in [-0.39, 0.29) is 5.92 Å². The van der Waals surface area contributed by atoms with E-state index in [4.69, 9.17) is 9.84 Å². The van der Waals surface area contributed by atoms with Crippen LogP contribution in [0.5, 0.6) is 0 Å². The Morgan fingerprint density at radius 2 is 1.77 bits per heavy atom. The molecular weight excluding hydrogens is 353 g/mol. The third-order valence-corrected chi connectivity index (χ3v) is 4.14. The van der Waals surface area contributed by atoms with E-state index >= 15 is 0 Å². The van der Waals surface area contributed by atoms with E-state index in [2.05, 4.69) is 5.32 Å². The van der Waals surface area contributed by atoms with Crippen LogP contribution in [0.15, 0.2) is 0 Å². The zero-order chi connectivity index (χ0) is 20.0. The first-order chi connectivity index (χ1) is 11.9. The molecule has 1 aliphatic rings. The van der Waals surface area contributed by atoms with Crippen molar-refractivity contribution >= 4 is 12.2 Å². The average Bonchev–Trinajstić information content (AvgIpc) is 2.43. The Labute approximate surface area is 152 Å². The Bertz CT molecular complexity index is 472. The molecule has 0 saturated heterocycles. The van der Waals surface area contributed by atoms with Gasteiger partial charge < -0.3 is 15.2 Å². The minimum Gasteiger partial charge on any atom is -0.465 e. The van der Waals surface area contributed by atoms with Crippen molar-refractivity contribution in [2.24, 2.45) is 5.92 Å². The summed E-state index contributed by atoms with van der Waals surface area (Å²) in [5.41, 5.74) is -0.752. The average molecular weight is 382 g/mol. The largest absolute Gasteiger partial charge is 0.465 e. The van der Waals surface area contributed by atoms with Crippen molar-refractivity contribution in [3.05, 3.63) is 0 Å². The first kappa shape index (κ1) is 22.4. The molecule has 1 saturated carbocycles. The quantitative estimate of drug-likeness (QED) is 0.714. The third-order valence-electron chi connectivity index (χ3n) is 4.14. The standard InChI is InChI=1S/C17H29F3N2O4/c1-16(2,3)26-14(23)21-13(9-12-7-5-4-6-8-12)10-22(15(24)25)11-17(18,19)20/h12-13H,4-11H2,1-3H3,(H,21,23)(H,24,25)/t13-/m1/s1. The Balaban J connectivity index is 2.79. The van der Waals surface area contributed by atoms with Crippen LogP contribution in [-0.2, 0) is 4.74 Å². The first-order valence-corrected chi connectivity index (χ1v) is 8.90. The van der Waals surface area contributed by atoms with Gasteiger partial charge in [-0.05, 0) is 33.1 Å². The molecule has 1 rings (SSSR count). The Kier molecular flexibility index (Phi) is 8.02. The summed E-state index contributed by atoms with van der Waals surface area (Å²) in [4.78, 5) is 23.5. The molecule has 0 aromatic rings. The molecule has 0 radical (unpaired) electrons. The normalized spacial score (nSPS) is 17.5. The summed E-state index contributed by atoms with van der Waals surface area (Å²) in [5, 5.41) is 11.7. The molecule has 6 nitrogen and oxygen atoms in total.